The van der Waals surface area contributed by atoms with E-state index in [1.54, 1.807) is 0 Å². The summed E-state index contributed by atoms with van der Waals surface area (Å²) in [6, 6.07) is 5.38. The van der Waals surface area contributed by atoms with Crippen molar-refractivity contribution in [3.63, 3.8) is 0 Å². The van der Waals surface area contributed by atoms with Crippen LogP contribution in [0.2, 0.25) is 0 Å². The van der Waals surface area contributed by atoms with E-state index in [1.165, 1.54) is 18.4 Å². The predicted octanol–water partition coefficient (Wildman–Crippen LogP) is 2.74. The highest BCUT2D eigenvalue weighted by atomic mass is 15.2. The fraction of sp³-hybridized carbons (Fsp3) is 0.643. The Balaban J connectivity index is 2.07. The molecule has 3 nitrogen and oxygen atoms in total. The van der Waals surface area contributed by atoms with Gasteiger partial charge in [-0.05, 0) is 44.9 Å². The maximum Gasteiger partial charge on any atom is 0.128 e. The van der Waals surface area contributed by atoms with Crippen LogP contribution in [-0.4, -0.2) is 24.1 Å². The minimum absolute atomic E-state index is 0.387. The van der Waals surface area contributed by atoms with Crippen molar-refractivity contribution in [1.82, 2.24) is 10.3 Å². The van der Waals surface area contributed by atoms with E-state index in [4.69, 9.17) is 0 Å². The molecule has 0 amide bonds. The third kappa shape index (κ3) is 2.78. The standard InChI is InChI=1S/C14H23N3/c1-4-15-12(3)13-7-8-14(16-10-13)17-9-5-6-11(17)2/h7-8,10-12,15H,4-6,9H2,1-3H3. The minimum Gasteiger partial charge on any atom is -0.354 e. The van der Waals surface area contributed by atoms with Crippen LogP contribution in [-0.2, 0) is 0 Å². The zero-order chi connectivity index (χ0) is 12.3. The van der Waals surface area contributed by atoms with Gasteiger partial charge in [0.1, 0.15) is 5.82 Å². The van der Waals surface area contributed by atoms with Gasteiger partial charge >= 0.3 is 0 Å². The SMILES string of the molecule is CCNC(C)c1ccc(N2CCCC2C)nc1. The Hall–Kier alpha value is -1.09. The topological polar surface area (TPSA) is 28.2 Å². The highest BCUT2D eigenvalue weighted by Gasteiger charge is 2.21. The Bertz CT molecular complexity index is 347. The summed E-state index contributed by atoms with van der Waals surface area (Å²) in [5.41, 5.74) is 1.27. The lowest BCUT2D eigenvalue weighted by Crippen LogP contribution is -2.27. The van der Waals surface area contributed by atoms with Gasteiger partial charge in [0.25, 0.3) is 0 Å². The molecule has 17 heavy (non-hydrogen) atoms. The molecule has 2 rings (SSSR count). The largest absolute Gasteiger partial charge is 0.354 e. The van der Waals surface area contributed by atoms with Crippen molar-refractivity contribution in [3.8, 4) is 0 Å². The van der Waals surface area contributed by atoms with Gasteiger partial charge < -0.3 is 10.2 Å². The first-order valence-electron chi connectivity index (χ1n) is 6.68. The lowest BCUT2D eigenvalue weighted by Gasteiger charge is -2.23. The van der Waals surface area contributed by atoms with Crippen molar-refractivity contribution < 1.29 is 0 Å². The second-order valence-electron chi connectivity index (χ2n) is 4.91. The number of nitrogens with one attached hydrogen (secondary N) is 1. The third-order valence-corrected chi connectivity index (χ3v) is 3.63. The quantitative estimate of drug-likeness (QED) is 0.866. The second-order valence-corrected chi connectivity index (χ2v) is 4.91. The van der Waals surface area contributed by atoms with Gasteiger partial charge in [-0.1, -0.05) is 13.0 Å². The van der Waals surface area contributed by atoms with Gasteiger partial charge in [0.15, 0.2) is 0 Å². The third-order valence-electron chi connectivity index (χ3n) is 3.63. The molecule has 0 radical (unpaired) electrons. The molecule has 1 aliphatic heterocycles. The number of nitrogens with zero attached hydrogens (tertiary/aromatic N) is 2. The lowest BCUT2D eigenvalue weighted by atomic mass is 10.1. The molecular formula is C14H23N3. The molecule has 0 bridgehead atoms. The average Bonchev–Trinajstić information content (AvgIpc) is 2.76. The van der Waals surface area contributed by atoms with Crippen LogP contribution in [0.5, 0.6) is 0 Å². The van der Waals surface area contributed by atoms with E-state index >= 15 is 0 Å². The molecule has 2 atom stereocenters. The van der Waals surface area contributed by atoms with E-state index in [0.29, 0.717) is 12.1 Å². The number of hydrogen-bond donors (Lipinski definition) is 1. The number of anilines is 1. The van der Waals surface area contributed by atoms with Gasteiger partial charge in [0.05, 0.1) is 0 Å². The monoisotopic (exact) mass is 233 g/mol. The molecule has 1 saturated heterocycles. The molecule has 94 valence electrons. The van der Waals surface area contributed by atoms with Crippen LogP contribution in [0.4, 0.5) is 5.82 Å². The molecule has 0 spiro atoms. The highest BCUT2D eigenvalue weighted by Crippen LogP contribution is 2.24. The molecule has 2 unspecified atom stereocenters. The fourth-order valence-electron chi connectivity index (χ4n) is 2.52. The van der Waals surface area contributed by atoms with Crippen LogP contribution in [0, 0.1) is 0 Å². The molecule has 0 aliphatic carbocycles. The van der Waals surface area contributed by atoms with Crippen molar-refractivity contribution in [2.24, 2.45) is 0 Å². The zero-order valence-electron chi connectivity index (χ0n) is 11.1. The van der Waals surface area contributed by atoms with Crippen molar-refractivity contribution in [1.29, 1.82) is 0 Å². The summed E-state index contributed by atoms with van der Waals surface area (Å²) in [6.45, 7) is 8.73. The fourth-order valence-corrected chi connectivity index (χ4v) is 2.52. The maximum atomic E-state index is 4.60. The van der Waals surface area contributed by atoms with Gasteiger partial charge in [0.2, 0.25) is 0 Å². The first-order valence-corrected chi connectivity index (χ1v) is 6.68. The number of pyridine rings is 1. The van der Waals surface area contributed by atoms with Crippen LogP contribution in [0.15, 0.2) is 18.3 Å². The molecule has 1 aromatic rings. The van der Waals surface area contributed by atoms with E-state index in [2.05, 4.69) is 48.1 Å². The lowest BCUT2D eigenvalue weighted by molar-refractivity contribution is 0.596. The Morgan fingerprint density at radius 1 is 1.53 bits per heavy atom. The summed E-state index contributed by atoms with van der Waals surface area (Å²) in [5, 5.41) is 3.41. The van der Waals surface area contributed by atoms with E-state index in [1.807, 2.05) is 6.20 Å². The number of aromatic nitrogens is 1. The summed E-state index contributed by atoms with van der Waals surface area (Å²) in [4.78, 5) is 7.00. The highest BCUT2D eigenvalue weighted by molar-refractivity contribution is 5.41. The van der Waals surface area contributed by atoms with Crippen molar-refractivity contribution in [2.75, 3.05) is 18.0 Å². The van der Waals surface area contributed by atoms with Crippen LogP contribution < -0.4 is 10.2 Å². The first kappa shape index (κ1) is 12.4. The Labute approximate surface area is 104 Å². The van der Waals surface area contributed by atoms with E-state index < -0.39 is 0 Å². The molecule has 0 aromatic carbocycles. The minimum atomic E-state index is 0.387. The van der Waals surface area contributed by atoms with Gasteiger partial charge in [-0.2, -0.15) is 0 Å². The van der Waals surface area contributed by atoms with Crippen molar-refractivity contribution in [3.05, 3.63) is 23.9 Å². The molecule has 3 heteroatoms. The number of rotatable bonds is 4. The summed E-state index contributed by atoms with van der Waals surface area (Å²) in [5.74, 6) is 1.13. The van der Waals surface area contributed by atoms with Crippen LogP contribution in [0.25, 0.3) is 0 Å². The molecule has 0 saturated carbocycles. The molecule has 1 aliphatic rings. The zero-order valence-corrected chi connectivity index (χ0v) is 11.1. The summed E-state index contributed by atoms with van der Waals surface area (Å²) in [6.07, 6.45) is 4.59. The van der Waals surface area contributed by atoms with Crippen LogP contribution >= 0.6 is 0 Å². The average molecular weight is 233 g/mol. The normalized spacial score (nSPS) is 21.8. The van der Waals surface area contributed by atoms with Gasteiger partial charge in [-0.3, -0.25) is 0 Å². The van der Waals surface area contributed by atoms with Gasteiger partial charge in [-0.25, -0.2) is 4.98 Å². The first-order chi connectivity index (χ1) is 8.22. The molecule has 1 fully saturated rings. The van der Waals surface area contributed by atoms with Crippen molar-refractivity contribution >= 4 is 5.82 Å². The molecule has 1 N–H and O–H groups in total. The molecule has 1 aromatic heterocycles. The van der Waals surface area contributed by atoms with E-state index in [0.717, 1.165) is 18.9 Å². The van der Waals surface area contributed by atoms with Crippen LogP contribution in [0.1, 0.15) is 45.2 Å². The number of hydrogen-bond acceptors (Lipinski definition) is 3. The van der Waals surface area contributed by atoms with Crippen LogP contribution in [0.3, 0.4) is 0 Å². The Kier molecular flexibility index (Phi) is 4.00. The predicted molar refractivity (Wildman–Crippen MR) is 72.4 cm³/mol. The summed E-state index contributed by atoms with van der Waals surface area (Å²) >= 11 is 0. The van der Waals surface area contributed by atoms with E-state index in [-0.39, 0.29) is 0 Å². The molecular weight excluding hydrogens is 210 g/mol. The van der Waals surface area contributed by atoms with E-state index in [9.17, 15) is 0 Å². The molecule has 2 heterocycles. The van der Waals surface area contributed by atoms with Gasteiger partial charge in [-0.15, -0.1) is 0 Å². The smallest absolute Gasteiger partial charge is 0.128 e. The summed E-state index contributed by atoms with van der Waals surface area (Å²) < 4.78 is 0. The van der Waals surface area contributed by atoms with Gasteiger partial charge in [0, 0.05) is 24.8 Å². The second kappa shape index (κ2) is 5.50. The summed E-state index contributed by atoms with van der Waals surface area (Å²) in [7, 11) is 0. The van der Waals surface area contributed by atoms with Crippen molar-refractivity contribution in [2.45, 2.75) is 45.7 Å². The Morgan fingerprint density at radius 3 is 2.88 bits per heavy atom. The Morgan fingerprint density at radius 2 is 2.35 bits per heavy atom. The maximum absolute atomic E-state index is 4.60.